The molecule has 1 aliphatic carbocycles. The number of anilines is 1. The van der Waals surface area contributed by atoms with Gasteiger partial charge in [-0.3, -0.25) is 4.79 Å². The van der Waals surface area contributed by atoms with Crippen LogP contribution in [0.15, 0.2) is 22.7 Å². The summed E-state index contributed by atoms with van der Waals surface area (Å²) in [5, 5.41) is 3.94. The Morgan fingerprint density at radius 2 is 2.25 bits per heavy atom. The van der Waals surface area contributed by atoms with E-state index >= 15 is 0 Å². The van der Waals surface area contributed by atoms with E-state index in [0.29, 0.717) is 10.6 Å². The average molecular weight is 353 g/mol. The molecule has 0 atom stereocenters. The molecule has 1 aliphatic rings. The number of fused-ring (bicyclic) bond motifs is 1. The summed E-state index contributed by atoms with van der Waals surface area (Å²) in [6.07, 6.45) is 5.05. The summed E-state index contributed by atoms with van der Waals surface area (Å²) in [6, 6.07) is 5.90. The molecule has 0 bridgehead atoms. The maximum absolute atomic E-state index is 12.2. The molecular formula is C15H17BrN2OS. The minimum Gasteiger partial charge on any atom is -0.397 e. The topological polar surface area (TPSA) is 55.1 Å². The van der Waals surface area contributed by atoms with Gasteiger partial charge < -0.3 is 11.1 Å². The summed E-state index contributed by atoms with van der Waals surface area (Å²) in [6.45, 7) is 0.748. The van der Waals surface area contributed by atoms with Gasteiger partial charge in [-0.25, -0.2) is 0 Å². The number of amides is 1. The number of nitrogens with two attached hydrogens (primary N) is 1. The largest absolute Gasteiger partial charge is 0.397 e. The molecule has 1 saturated carbocycles. The van der Waals surface area contributed by atoms with Crippen LogP contribution < -0.4 is 11.1 Å². The predicted molar refractivity (Wildman–Crippen MR) is 88.2 cm³/mol. The van der Waals surface area contributed by atoms with Crippen LogP contribution in [0.2, 0.25) is 0 Å². The van der Waals surface area contributed by atoms with E-state index < -0.39 is 0 Å². The highest BCUT2D eigenvalue weighted by Crippen LogP contribution is 2.38. The van der Waals surface area contributed by atoms with Crippen LogP contribution in [-0.4, -0.2) is 12.5 Å². The van der Waals surface area contributed by atoms with Crippen LogP contribution in [0.5, 0.6) is 0 Å². The minimum atomic E-state index is -0.0464. The quantitative estimate of drug-likeness (QED) is 0.867. The maximum atomic E-state index is 12.2. The molecule has 0 saturated heterocycles. The first kappa shape index (κ1) is 13.9. The first-order chi connectivity index (χ1) is 9.66. The highest BCUT2D eigenvalue weighted by atomic mass is 79.9. The van der Waals surface area contributed by atoms with Gasteiger partial charge in [0.15, 0.2) is 0 Å². The molecule has 0 radical (unpaired) electrons. The van der Waals surface area contributed by atoms with Crippen LogP contribution in [0.4, 0.5) is 5.69 Å². The zero-order chi connectivity index (χ0) is 14.1. The predicted octanol–water partition coefficient (Wildman–Crippen LogP) is 4.17. The molecule has 1 amide bonds. The van der Waals surface area contributed by atoms with Crippen molar-refractivity contribution in [1.29, 1.82) is 0 Å². The molecule has 3 nitrogen and oxygen atoms in total. The fraction of sp³-hybridized carbons (Fsp3) is 0.400. The van der Waals surface area contributed by atoms with E-state index in [1.165, 1.54) is 30.6 Å². The van der Waals surface area contributed by atoms with Crippen molar-refractivity contribution in [2.75, 3.05) is 12.3 Å². The van der Waals surface area contributed by atoms with E-state index in [4.69, 9.17) is 5.73 Å². The second kappa shape index (κ2) is 5.74. The Morgan fingerprint density at radius 1 is 1.45 bits per heavy atom. The third-order valence-electron chi connectivity index (χ3n) is 3.97. The monoisotopic (exact) mass is 352 g/mol. The smallest absolute Gasteiger partial charge is 0.263 e. The molecule has 3 rings (SSSR count). The van der Waals surface area contributed by atoms with Crippen molar-refractivity contribution in [3.05, 3.63) is 27.5 Å². The van der Waals surface area contributed by atoms with Crippen molar-refractivity contribution in [3.8, 4) is 0 Å². The number of hydrogen-bond acceptors (Lipinski definition) is 3. The first-order valence-electron chi connectivity index (χ1n) is 6.91. The number of thiophene rings is 1. The maximum Gasteiger partial charge on any atom is 0.263 e. The van der Waals surface area contributed by atoms with E-state index in [1.54, 1.807) is 0 Å². The molecule has 2 aromatic rings. The van der Waals surface area contributed by atoms with Gasteiger partial charge in [0.1, 0.15) is 4.88 Å². The van der Waals surface area contributed by atoms with Crippen molar-refractivity contribution in [2.45, 2.75) is 25.7 Å². The fourth-order valence-corrected chi connectivity index (χ4v) is 4.33. The Kier molecular flexibility index (Phi) is 3.98. The Balaban J connectivity index is 1.73. The Hall–Kier alpha value is -1.07. The van der Waals surface area contributed by atoms with Gasteiger partial charge in [0, 0.05) is 21.1 Å². The summed E-state index contributed by atoms with van der Waals surface area (Å²) >= 11 is 4.95. The number of nitrogens with one attached hydrogen (secondary N) is 1. The summed E-state index contributed by atoms with van der Waals surface area (Å²) in [5.41, 5.74) is 6.71. The average Bonchev–Trinajstić information content (AvgIpc) is 2.71. The molecule has 3 N–H and O–H groups in total. The number of benzene rings is 1. The second-order valence-electron chi connectivity index (χ2n) is 5.30. The third kappa shape index (κ3) is 2.56. The third-order valence-corrected chi connectivity index (χ3v) is 5.80. The lowest BCUT2D eigenvalue weighted by Crippen LogP contribution is -2.27. The minimum absolute atomic E-state index is 0.0464. The summed E-state index contributed by atoms with van der Waals surface area (Å²) in [4.78, 5) is 12.9. The van der Waals surface area contributed by atoms with Gasteiger partial charge in [-0.1, -0.05) is 41.3 Å². The molecule has 20 heavy (non-hydrogen) atoms. The second-order valence-corrected chi connectivity index (χ2v) is 7.21. The first-order valence-corrected chi connectivity index (χ1v) is 8.52. The van der Waals surface area contributed by atoms with Crippen LogP contribution in [0.3, 0.4) is 0 Å². The van der Waals surface area contributed by atoms with Crippen molar-refractivity contribution in [3.63, 3.8) is 0 Å². The van der Waals surface area contributed by atoms with Crippen LogP contribution in [0.1, 0.15) is 35.4 Å². The molecule has 1 aromatic heterocycles. The molecular weight excluding hydrogens is 336 g/mol. The molecule has 0 unspecified atom stereocenters. The fourth-order valence-electron chi connectivity index (χ4n) is 2.55. The lowest BCUT2D eigenvalue weighted by Gasteiger charge is -2.25. The Labute approximate surface area is 130 Å². The molecule has 5 heteroatoms. The zero-order valence-electron chi connectivity index (χ0n) is 11.1. The van der Waals surface area contributed by atoms with Gasteiger partial charge in [-0.05, 0) is 24.5 Å². The number of rotatable bonds is 4. The van der Waals surface area contributed by atoms with Crippen LogP contribution in [0, 0.1) is 5.92 Å². The lowest BCUT2D eigenvalue weighted by molar-refractivity contribution is 0.0954. The number of carbonyl (C=O) groups excluding carboxylic acids is 1. The van der Waals surface area contributed by atoms with E-state index in [1.807, 2.05) is 18.2 Å². The van der Waals surface area contributed by atoms with E-state index in [2.05, 4.69) is 21.2 Å². The molecule has 1 heterocycles. The van der Waals surface area contributed by atoms with E-state index in [9.17, 15) is 4.79 Å². The van der Waals surface area contributed by atoms with Crippen molar-refractivity contribution in [1.82, 2.24) is 5.32 Å². The van der Waals surface area contributed by atoms with Gasteiger partial charge in [-0.15, -0.1) is 11.3 Å². The van der Waals surface area contributed by atoms with Gasteiger partial charge in [0.25, 0.3) is 5.91 Å². The summed E-state index contributed by atoms with van der Waals surface area (Å²) in [7, 11) is 0. The number of hydrogen-bond donors (Lipinski definition) is 2. The number of nitrogen functional groups attached to an aromatic ring is 1. The normalized spacial score (nSPS) is 15.2. The summed E-state index contributed by atoms with van der Waals surface area (Å²) < 4.78 is 1.98. The van der Waals surface area contributed by atoms with Crippen molar-refractivity contribution >= 4 is 48.9 Å². The SMILES string of the molecule is Nc1c(C(=O)NCCC2CCC2)sc2cccc(Br)c12. The van der Waals surface area contributed by atoms with E-state index in [-0.39, 0.29) is 5.91 Å². The van der Waals surface area contributed by atoms with Crippen molar-refractivity contribution < 1.29 is 4.79 Å². The van der Waals surface area contributed by atoms with Gasteiger partial charge in [0.05, 0.1) is 5.69 Å². The zero-order valence-corrected chi connectivity index (χ0v) is 13.5. The standard InChI is InChI=1S/C15H17BrN2OS/c16-10-5-2-6-11-12(10)13(17)14(20-11)15(19)18-8-7-9-3-1-4-9/h2,5-6,9H,1,3-4,7-8,17H2,(H,18,19). The molecule has 0 spiro atoms. The van der Waals surface area contributed by atoms with Crippen molar-refractivity contribution in [2.24, 2.45) is 5.92 Å². The molecule has 0 aliphatic heterocycles. The Morgan fingerprint density at radius 3 is 2.90 bits per heavy atom. The number of halogens is 1. The van der Waals surface area contributed by atoms with Crippen LogP contribution in [0.25, 0.3) is 10.1 Å². The molecule has 1 aromatic carbocycles. The van der Waals surface area contributed by atoms with Crippen LogP contribution in [-0.2, 0) is 0 Å². The van der Waals surface area contributed by atoms with Gasteiger partial charge in [0.2, 0.25) is 0 Å². The number of carbonyl (C=O) groups is 1. The summed E-state index contributed by atoms with van der Waals surface area (Å²) in [5.74, 6) is 0.763. The van der Waals surface area contributed by atoms with Crippen LogP contribution >= 0.6 is 27.3 Å². The van der Waals surface area contributed by atoms with Gasteiger partial charge >= 0.3 is 0 Å². The van der Waals surface area contributed by atoms with E-state index in [0.717, 1.165) is 33.4 Å². The Bertz CT molecular complexity index is 649. The molecule has 1 fully saturated rings. The lowest BCUT2D eigenvalue weighted by atomic mass is 9.83. The highest BCUT2D eigenvalue weighted by molar-refractivity contribution is 9.10. The van der Waals surface area contributed by atoms with Gasteiger partial charge in [-0.2, -0.15) is 0 Å². The molecule has 106 valence electrons. The highest BCUT2D eigenvalue weighted by Gasteiger charge is 2.20.